The molecule has 0 amide bonds. The van der Waals surface area contributed by atoms with Crippen LogP contribution in [0.15, 0.2) is 4.99 Å². The number of nitrogens with two attached hydrogens (primary N) is 1. The molecule has 0 bridgehead atoms. The summed E-state index contributed by atoms with van der Waals surface area (Å²) in [5, 5.41) is 0. The Morgan fingerprint density at radius 2 is 2.23 bits per heavy atom. The Hall–Kier alpha value is -0.570. The molecular formula is C10H19N3. The maximum absolute atomic E-state index is 5.97. The topological polar surface area (TPSA) is 41.6 Å². The summed E-state index contributed by atoms with van der Waals surface area (Å²) in [5.41, 5.74) is 5.97. The molecule has 1 aliphatic heterocycles. The van der Waals surface area contributed by atoms with Crippen LogP contribution in [0, 0.1) is 0 Å². The molecule has 0 aromatic rings. The minimum atomic E-state index is 0.393. The lowest BCUT2D eigenvalue weighted by Crippen LogP contribution is -2.47. The Balaban J connectivity index is 2.06. The number of aliphatic imine (C=N–C) groups is 1. The maximum atomic E-state index is 5.97. The van der Waals surface area contributed by atoms with Crippen molar-refractivity contribution in [3.63, 3.8) is 0 Å². The molecule has 3 unspecified atom stereocenters. The van der Waals surface area contributed by atoms with Gasteiger partial charge >= 0.3 is 0 Å². The van der Waals surface area contributed by atoms with Gasteiger partial charge in [0.1, 0.15) is 0 Å². The number of hydrogen-bond donors (Lipinski definition) is 1. The van der Waals surface area contributed by atoms with Gasteiger partial charge in [-0.3, -0.25) is 4.99 Å². The quantitative estimate of drug-likeness (QED) is 0.655. The average molecular weight is 181 g/mol. The molecule has 2 rings (SSSR count). The fourth-order valence-electron chi connectivity index (χ4n) is 2.42. The molecule has 2 N–H and O–H groups in total. The summed E-state index contributed by atoms with van der Waals surface area (Å²) in [7, 11) is 0. The van der Waals surface area contributed by atoms with Gasteiger partial charge in [-0.1, -0.05) is 0 Å². The first-order valence-electron chi connectivity index (χ1n) is 5.25. The highest BCUT2D eigenvalue weighted by molar-refractivity contribution is 5.59. The molecule has 1 fully saturated rings. The predicted octanol–water partition coefficient (Wildman–Crippen LogP) is 0.987. The first-order valence-corrected chi connectivity index (χ1v) is 5.25. The standard InChI is InChI=1S/C10H19N3/c1-7(2)13-6-12-9-4-3-8(11)5-10(9)13/h6-10H,3-5,11H2,1-2H3. The second kappa shape index (κ2) is 3.29. The summed E-state index contributed by atoms with van der Waals surface area (Å²) < 4.78 is 0. The predicted molar refractivity (Wildman–Crippen MR) is 54.9 cm³/mol. The molecule has 0 radical (unpaired) electrons. The molecule has 2 aliphatic rings. The van der Waals surface area contributed by atoms with E-state index in [1.54, 1.807) is 0 Å². The van der Waals surface area contributed by atoms with Crippen LogP contribution in [-0.2, 0) is 0 Å². The van der Waals surface area contributed by atoms with E-state index >= 15 is 0 Å². The number of fused-ring (bicyclic) bond motifs is 1. The Morgan fingerprint density at radius 1 is 1.46 bits per heavy atom. The van der Waals surface area contributed by atoms with E-state index in [4.69, 9.17) is 5.73 Å². The van der Waals surface area contributed by atoms with Gasteiger partial charge in [-0.15, -0.1) is 0 Å². The van der Waals surface area contributed by atoms with Crippen LogP contribution >= 0.6 is 0 Å². The molecule has 0 aromatic carbocycles. The summed E-state index contributed by atoms with van der Waals surface area (Å²) in [6.07, 6.45) is 5.46. The van der Waals surface area contributed by atoms with Crippen molar-refractivity contribution < 1.29 is 0 Å². The van der Waals surface area contributed by atoms with E-state index in [-0.39, 0.29) is 0 Å². The summed E-state index contributed by atoms with van der Waals surface area (Å²) in [5.74, 6) is 0. The fraction of sp³-hybridized carbons (Fsp3) is 0.900. The summed E-state index contributed by atoms with van der Waals surface area (Å²) >= 11 is 0. The lowest BCUT2D eigenvalue weighted by atomic mass is 9.87. The maximum Gasteiger partial charge on any atom is 0.0859 e. The second-order valence-corrected chi connectivity index (χ2v) is 4.51. The minimum absolute atomic E-state index is 0.393. The van der Waals surface area contributed by atoms with Crippen LogP contribution in [0.1, 0.15) is 33.1 Å². The van der Waals surface area contributed by atoms with Crippen LogP contribution in [0.2, 0.25) is 0 Å². The monoisotopic (exact) mass is 181 g/mol. The molecule has 3 atom stereocenters. The SMILES string of the molecule is CC(C)N1C=NC2CCC(N)CC21. The molecule has 3 nitrogen and oxygen atoms in total. The second-order valence-electron chi connectivity index (χ2n) is 4.51. The molecule has 0 aromatic heterocycles. The Kier molecular flexibility index (Phi) is 2.28. The van der Waals surface area contributed by atoms with Crippen molar-refractivity contribution in [2.75, 3.05) is 0 Å². The van der Waals surface area contributed by atoms with Gasteiger partial charge in [0.15, 0.2) is 0 Å². The normalized spacial score (nSPS) is 38.5. The largest absolute Gasteiger partial charge is 0.355 e. The zero-order valence-corrected chi connectivity index (χ0v) is 8.48. The molecule has 13 heavy (non-hydrogen) atoms. The van der Waals surface area contributed by atoms with E-state index in [2.05, 4.69) is 23.7 Å². The zero-order valence-electron chi connectivity index (χ0n) is 8.48. The summed E-state index contributed by atoms with van der Waals surface area (Å²) in [4.78, 5) is 6.90. The third-order valence-electron chi connectivity index (χ3n) is 3.19. The van der Waals surface area contributed by atoms with Crippen molar-refractivity contribution in [1.29, 1.82) is 0 Å². The molecule has 0 spiro atoms. The van der Waals surface area contributed by atoms with Gasteiger partial charge in [0.05, 0.1) is 18.4 Å². The molecule has 74 valence electrons. The Bertz CT molecular complexity index is 212. The highest BCUT2D eigenvalue weighted by atomic mass is 15.3. The first kappa shape index (κ1) is 9.00. The van der Waals surface area contributed by atoms with Crippen molar-refractivity contribution in [2.45, 2.75) is 57.3 Å². The smallest absolute Gasteiger partial charge is 0.0859 e. The van der Waals surface area contributed by atoms with Crippen molar-refractivity contribution >= 4 is 6.34 Å². The van der Waals surface area contributed by atoms with Crippen LogP contribution in [-0.4, -0.2) is 35.4 Å². The Labute approximate surface area is 80.0 Å². The molecule has 1 aliphatic carbocycles. The van der Waals surface area contributed by atoms with Crippen molar-refractivity contribution in [3.05, 3.63) is 0 Å². The van der Waals surface area contributed by atoms with Crippen molar-refractivity contribution in [3.8, 4) is 0 Å². The number of nitrogens with zero attached hydrogens (tertiary/aromatic N) is 2. The van der Waals surface area contributed by atoms with Crippen molar-refractivity contribution in [2.24, 2.45) is 10.7 Å². The van der Waals surface area contributed by atoms with Crippen LogP contribution in [0.3, 0.4) is 0 Å². The lowest BCUT2D eigenvalue weighted by Gasteiger charge is -2.36. The van der Waals surface area contributed by atoms with Gasteiger partial charge in [-0.05, 0) is 33.1 Å². The van der Waals surface area contributed by atoms with E-state index in [9.17, 15) is 0 Å². The molecule has 3 heteroatoms. The molecule has 1 saturated carbocycles. The highest BCUT2D eigenvalue weighted by Crippen LogP contribution is 2.29. The van der Waals surface area contributed by atoms with E-state index in [1.165, 1.54) is 6.42 Å². The van der Waals surface area contributed by atoms with E-state index in [1.807, 2.05) is 6.34 Å². The molecule has 0 saturated heterocycles. The fourth-order valence-corrected chi connectivity index (χ4v) is 2.42. The Morgan fingerprint density at radius 3 is 2.92 bits per heavy atom. The number of rotatable bonds is 1. The van der Waals surface area contributed by atoms with Gasteiger partial charge < -0.3 is 10.6 Å². The summed E-state index contributed by atoms with van der Waals surface area (Å²) in [6, 6.07) is 2.07. The van der Waals surface area contributed by atoms with Crippen LogP contribution in [0.25, 0.3) is 0 Å². The first-order chi connectivity index (χ1) is 6.18. The zero-order chi connectivity index (χ0) is 9.42. The van der Waals surface area contributed by atoms with Crippen LogP contribution < -0.4 is 5.73 Å². The van der Waals surface area contributed by atoms with Gasteiger partial charge in [0.25, 0.3) is 0 Å². The highest BCUT2D eigenvalue weighted by Gasteiger charge is 2.36. The van der Waals surface area contributed by atoms with Crippen LogP contribution in [0.5, 0.6) is 0 Å². The minimum Gasteiger partial charge on any atom is -0.355 e. The van der Waals surface area contributed by atoms with E-state index in [0.29, 0.717) is 24.2 Å². The third kappa shape index (κ3) is 1.57. The van der Waals surface area contributed by atoms with E-state index < -0.39 is 0 Å². The van der Waals surface area contributed by atoms with Gasteiger partial charge in [0.2, 0.25) is 0 Å². The van der Waals surface area contributed by atoms with Gasteiger partial charge in [-0.2, -0.15) is 0 Å². The number of hydrogen-bond acceptors (Lipinski definition) is 3. The van der Waals surface area contributed by atoms with Crippen molar-refractivity contribution in [1.82, 2.24) is 4.90 Å². The molecular weight excluding hydrogens is 162 g/mol. The third-order valence-corrected chi connectivity index (χ3v) is 3.19. The lowest BCUT2D eigenvalue weighted by molar-refractivity contribution is 0.203. The van der Waals surface area contributed by atoms with Crippen LogP contribution in [0.4, 0.5) is 0 Å². The average Bonchev–Trinajstić information content (AvgIpc) is 2.46. The van der Waals surface area contributed by atoms with E-state index in [0.717, 1.165) is 12.8 Å². The summed E-state index contributed by atoms with van der Waals surface area (Å²) in [6.45, 7) is 4.43. The van der Waals surface area contributed by atoms with Gasteiger partial charge in [-0.25, -0.2) is 0 Å². The molecule has 1 heterocycles. The van der Waals surface area contributed by atoms with Gasteiger partial charge in [0, 0.05) is 12.1 Å².